The minimum atomic E-state index is 0.657. The van der Waals surface area contributed by atoms with Crippen molar-refractivity contribution in [3.05, 3.63) is 51.0 Å². The van der Waals surface area contributed by atoms with Gasteiger partial charge in [0.1, 0.15) is 16.2 Å². The molecule has 1 heterocycles. The fraction of sp³-hybridized carbons (Fsp3) is 0.167. The molecule has 17 heavy (non-hydrogen) atoms. The fourth-order valence-corrected chi connectivity index (χ4v) is 1.91. The minimum absolute atomic E-state index is 0.657. The summed E-state index contributed by atoms with van der Waals surface area (Å²) in [6.45, 7) is 0. The zero-order valence-electron chi connectivity index (χ0n) is 9.24. The van der Waals surface area contributed by atoms with E-state index >= 15 is 0 Å². The molecule has 0 aliphatic carbocycles. The number of para-hydroxylation sites is 1. The van der Waals surface area contributed by atoms with Crippen molar-refractivity contribution in [2.24, 2.45) is 0 Å². The summed E-state index contributed by atoms with van der Waals surface area (Å²) in [4.78, 5) is 7.36. The monoisotopic (exact) mass is 310 g/mol. The van der Waals surface area contributed by atoms with Crippen LogP contribution in [0.3, 0.4) is 0 Å². The second kappa shape index (κ2) is 5.42. The Hall–Kier alpha value is -1.20. The van der Waals surface area contributed by atoms with Crippen LogP contribution < -0.4 is 4.74 Å². The third-order valence-electron chi connectivity index (χ3n) is 2.36. The average Bonchev–Trinajstić information content (AvgIpc) is 2.34. The minimum Gasteiger partial charge on any atom is -0.496 e. The predicted molar refractivity (Wildman–Crippen MR) is 72.9 cm³/mol. The largest absolute Gasteiger partial charge is 0.496 e. The molecule has 0 bridgehead atoms. The summed E-state index contributed by atoms with van der Waals surface area (Å²) in [5.74, 6) is 1.68. The van der Waals surface area contributed by atoms with E-state index in [0.717, 1.165) is 21.6 Å². The van der Waals surface area contributed by atoms with E-state index in [2.05, 4.69) is 25.9 Å². The first-order valence-electron chi connectivity index (χ1n) is 5.06. The maximum absolute atomic E-state index is 5.29. The summed E-state index contributed by atoms with van der Waals surface area (Å²) >= 11 is 8.46. The van der Waals surface area contributed by atoms with E-state index < -0.39 is 0 Å². The van der Waals surface area contributed by atoms with Crippen LogP contribution in [0.15, 0.2) is 34.9 Å². The van der Waals surface area contributed by atoms with Crippen molar-refractivity contribution in [2.75, 3.05) is 7.11 Å². The summed E-state index contributed by atoms with van der Waals surface area (Å²) in [6.07, 6.45) is 2.38. The highest BCUT2D eigenvalue weighted by Crippen LogP contribution is 2.20. The first-order valence-corrected chi connectivity index (χ1v) is 6.26. The van der Waals surface area contributed by atoms with Crippen molar-refractivity contribution in [3.63, 3.8) is 0 Å². The Morgan fingerprint density at radius 3 is 2.88 bits per heavy atom. The zero-order chi connectivity index (χ0) is 12.3. The van der Waals surface area contributed by atoms with Gasteiger partial charge in [-0.2, -0.15) is 0 Å². The second-order valence-electron chi connectivity index (χ2n) is 3.50. The molecule has 0 fully saturated rings. The lowest BCUT2D eigenvalue weighted by Crippen LogP contribution is -1.99. The van der Waals surface area contributed by atoms with Gasteiger partial charge in [0.15, 0.2) is 0 Å². The molecule has 0 amide bonds. The molecular formula is C12H11BrN2OS. The van der Waals surface area contributed by atoms with Crippen molar-refractivity contribution >= 4 is 28.1 Å². The van der Waals surface area contributed by atoms with Gasteiger partial charge in [-0.25, -0.2) is 4.98 Å². The number of rotatable bonds is 3. The number of methoxy groups -OCH3 is 1. The molecule has 5 heteroatoms. The molecule has 0 unspecified atom stereocenters. The predicted octanol–water partition coefficient (Wildman–Crippen LogP) is 3.50. The topological polar surface area (TPSA) is 37.9 Å². The molecule has 0 saturated heterocycles. The SMILES string of the molecule is COc1ccccc1Cc1ncc(Br)c(=S)[nH]1. The molecule has 2 rings (SSSR count). The first-order chi connectivity index (χ1) is 8.20. The Morgan fingerprint density at radius 1 is 1.41 bits per heavy atom. The van der Waals surface area contributed by atoms with E-state index in [-0.39, 0.29) is 0 Å². The van der Waals surface area contributed by atoms with Crippen molar-refractivity contribution in [2.45, 2.75) is 6.42 Å². The van der Waals surface area contributed by atoms with Crippen LogP contribution in [0.5, 0.6) is 5.75 Å². The number of ether oxygens (including phenoxy) is 1. The molecule has 0 saturated carbocycles. The average molecular weight is 311 g/mol. The Labute approximate surface area is 113 Å². The number of hydrogen-bond donors (Lipinski definition) is 1. The van der Waals surface area contributed by atoms with Crippen molar-refractivity contribution in [1.82, 2.24) is 9.97 Å². The fourth-order valence-electron chi connectivity index (χ4n) is 1.54. The molecule has 0 aliphatic heterocycles. The third kappa shape index (κ3) is 2.92. The second-order valence-corrected chi connectivity index (χ2v) is 4.76. The van der Waals surface area contributed by atoms with Gasteiger partial charge >= 0.3 is 0 Å². The van der Waals surface area contributed by atoms with Crippen molar-refractivity contribution in [3.8, 4) is 5.75 Å². The van der Waals surface area contributed by atoms with Crippen LogP contribution >= 0.6 is 28.1 Å². The normalized spacial score (nSPS) is 10.2. The third-order valence-corrected chi connectivity index (χ3v) is 3.54. The number of benzene rings is 1. The molecular weight excluding hydrogens is 300 g/mol. The van der Waals surface area contributed by atoms with Gasteiger partial charge in [0.25, 0.3) is 0 Å². The summed E-state index contributed by atoms with van der Waals surface area (Å²) in [7, 11) is 1.66. The highest BCUT2D eigenvalue weighted by Gasteiger charge is 2.04. The maximum atomic E-state index is 5.29. The summed E-state index contributed by atoms with van der Waals surface area (Å²) in [6, 6.07) is 7.87. The Balaban J connectivity index is 2.31. The number of H-pyrrole nitrogens is 1. The van der Waals surface area contributed by atoms with Crippen LogP contribution in [0.25, 0.3) is 0 Å². The van der Waals surface area contributed by atoms with Gasteiger partial charge in [-0.15, -0.1) is 0 Å². The van der Waals surface area contributed by atoms with Crippen LogP contribution in [0.1, 0.15) is 11.4 Å². The van der Waals surface area contributed by atoms with Crippen LogP contribution in [0.4, 0.5) is 0 Å². The van der Waals surface area contributed by atoms with Gasteiger partial charge < -0.3 is 9.72 Å². The number of aromatic nitrogens is 2. The smallest absolute Gasteiger partial charge is 0.122 e. The van der Waals surface area contributed by atoms with E-state index in [4.69, 9.17) is 17.0 Å². The number of nitrogens with zero attached hydrogens (tertiary/aromatic N) is 1. The van der Waals surface area contributed by atoms with Gasteiger partial charge in [0.2, 0.25) is 0 Å². The summed E-state index contributed by atoms with van der Waals surface area (Å²) < 4.78 is 6.75. The molecule has 1 aromatic carbocycles. The van der Waals surface area contributed by atoms with E-state index in [9.17, 15) is 0 Å². The quantitative estimate of drug-likeness (QED) is 0.882. The first kappa shape index (κ1) is 12.3. The Kier molecular flexibility index (Phi) is 3.91. The van der Waals surface area contributed by atoms with Gasteiger partial charge in [-0.05, 0) is 22.0 Å². The van der Waals surface area contributed by atoms with Crippen molar-refractivity contribution in [1.29, 1.82) is 0 Å². The van der Waals surface area contributed by atoms with E-state index in [1.165, 1.54) is 0 Å². The molecule has 0 aliphatic rings. The Bertz CT molecular complexity index is 583. The number of aromatic amines is 1. The number of halogens is 1. The molecule has 0 radical (unpaired) electrons. The van der Waals surface area contributed by atoms with Gasteiger partial charge in [0, 0.05) is 18.2 Å². The van der Waals surface area contributed by atoms with Gasteiger partial charge in [0.05, 0.1) is 11.6 Å². The molecule has 1 aromatic heterocycles. The van der Waals surface area contributed by atoms with Crippen LogP contribution in [0, 0.1) is 4.64 Å². The number of hydrogen-bond acceptors (Lipinski definition) is 3. The lowest BCUT2D eigenvalue weighted by atomic mass is 10.1. The summed E-state index contributed by atoms with van der Waals surface area (Å²) in [5.41, 5.74) is 1.08. The van der Waals surface area contributed by atoms with Gasteiger partial charge in [-0.1, -0.05) is 30.4 Å². The van der Waals surface area contributed by atoms with Crippen molar-refractivity contribution < 1.29 is 4.74 Å². The van der Waals surface area contributed by atoms with Gasteiger partial charge in [-0.3, -0.25) is 0 Å². The van der Waals surface area contributed by atoms with Crippen LogP contribution in [-0.4, -0.2) is 17.1 Å². The lowest BCUT2D eigenvalue weighted by molar-refractivity contribution is 0.410. The molecule has 3 nitrogen and oxygen atoms in total. The molecule has 88 valence electrons. The summed E-state index contributed by atoms with van der Waals surface area (Å²) in [5, 5.41) is 0. The van der Waals surface area contributed by atoms with E-state index in [0.29, 0.717) is 11.1 Å². The zero-order valence-corrected chi connectivity index (χ0v) is 11.6. The highest BCUT2D eigenvalue weighted by molar-refractivity contribution is 9.10. The number of nitrogens with one attached hydrogen (secondary N) is 1. The molecule has 2 aromatic rings. The Morgan fingerprint density at radius 2 is 2.18 bits per heavy atom. The standard InChI is InChI=1S/C12H11BrN2OS/c1-16-10-5-3-2-4-8(10)6-11-14-7-9(13)12(17)15-11/h2-5,7H,6H2,1H3,(H,14,15,17). The highest BCUT2D eigenvalue weighted by atomic mass is 79.9. The van der Waals surface area contributed by atoms with Crippen LogP contribution in [0.2, 0.25) is 0 Å². The molecule has 0 spiro atoms. The van der Waals surface area contributed by atoms with E-state index in [1.54, 1.807) is 13.3 Å². The molecule has 1 N–H and O–H groups in total. The van der Waals surface area contributed by atoms with Crippen LogP contribution in [-0.2, 0) is 6.42 Å². The maximum Gasteiger partial charge on any atom is 0.122 e. The lowest BCUT2D eigenvalue weighted by Gasteiger charge is -2.07. The molecule has 0 atom stereocenters. The van der Waals surface area contributed by atoms with E-state index in [1.807, 2.05) is 24.3 Å².